The molecule has 0 aliphatic rings. The van der Waals surface area contributed by atoms with Crippen LogP contribution < -0.4 is 0 Å². The highest BCUT2D eigenvalue weighted by atomic mass is 35.5. The molecule has 2 aromatic carbocycles. The van der Waals surface area contributed by atoms with Crippen LogP contribution in [0.3, 0.4) is 0 Å². The Labute approximate surface area is 148 Å². The van der Waals surface area contributed by atoms with E-state index in [1.165, 1.54) is 10.6 Å². The molecule has 0 saturated carbocycles. The number of carboxylic acid groups (broad SMARTS) is 1. The molecule has 2 aromatic heterocycles. The lowest BCUT2D eigenvalue weighted by molar-refractivity contribution is 0.0687. The van der Waals surface area contributed by atoms with Crippen molar-refractivity contribution in [3.8, 4) is 22.4 Å². The average molecular weight is 350 g/mol. The molecule has 2 heterocycles. The normalized spacial score (nSPS) is 10.9. The van der Waals surface area contributed by atoms with Crippen LogP contribution in [-0.2, 0) is 0 Å². The highest BCUT2D eigenvalue weighted by Gasteiger charge is 2.17. The zero-order valence-corrected chi connectivity index (χ0v) is 13.7. The van der Waals surface area contributed by atoms with Gasteiger partial charge in [0.05, 0.1) is 11.9 Å². The van der Waals surface area contributed by atoms with Gasteiger partial charge in [0.2, 0.25) is 0 Å². The quantitative estimate of drug-likeness (QED) is 0.594. The summed E-state index contributed by atoms with van der Waals surface area (Å²) in [6.07, 6.45) is 1.63. The summed E-state index contributed by atoms with van der Waals surface area (Å²) in [7, 11) is 0. The first-order valence-electron chi connectivity index (χ1n) is 7.57. The fourth-order valence-electron chi connectivity index (χ4n) is 2.71. The number of halogens is 1. The lowest BCUT2D eigenvalue weighted by Gasteiger charge is -2.07. The molecule has 6 heteroatoms. The van der Waals surface area contributed by atoms with Crippen molar-refractivity contribution in [2.45, 2.75) is 0 Å². The molecule has 0 spiro atoms. The van der Waals surface area contributed by atoms with Crippen molar-refractivity contribution in [1.29, 1.82) is 0 Å². The van der Waals surface area contributed by atoms with Crippen molar-refractivity contribution in [2.24, 2.45) is 0 Å². The van der Waals surface area contributed by atoms with Gasteiger partial charge in [0.15, 0.2) is 11.3 Å². The first-order valence-corrected chi connectivity index (χ1v) is 7.95. The molecule has 0 unspecified atom stereocenters. The maximum atomic E-state index is 11.7. The molecule has 5 nitrogen and oxygen atoms in total. The van der Waals surface area contributed by atoms with Gasteiger partial charge in [0, 0.05) is 16.1 Å². The second-order valence-corrected chi connectivity index (χ2v) is 5.93. The SMILES string of the molecule is O=C(O)c1cc(-c2ccc(Cl)cc2)nc2c(-c3ccccc3)cnn12. The molecule has 0 amide bonds. The van der Waals surface area contributed by atoms with Gasteiger partial charge in [-0.05, 0) is 23.8 Å². The summed E-state index contributed by atoms with van der Waals surface area (Å²) in [6, 6.07) is 18.3. The Hall–Kier alpha value is -3.18. The molecule has 0 aliphatic carbocycles. The molecule has 0 radical (unpaired) electrons. The number of carbonyl (C=O) groups is 1. The van der Waals surface area contributed by atoms with Crippen molar-refractivity contribution in [3.63, 3.8) is 0 Å². The minimum absolute atomic E-state index is 0.0529. The smallest absolute Gasteiger partial charge is 0.354 e. The molecule has 0 bridgehead atoms. The monoisotopic (exact) mass is 349 g/mol. The zero-order valence-electron chi connectivity index (χ0n) is 12.9. The maximum absolute atomic E-state index is 11.7. The molecule has 0 fully saturated rings. The Bertz CT molecular complexity index is 1070. The van der Waals surface area contributed by atoms with Crippen molar-refractivity contribution in [2.75, 3.05) is 0 Å². The summed E-state index contributed by atoms with van der Waals surface area (Å²) in [4.78, 5) is 16.3. The first-order chi connectivity index (χ1) is 12.1. The van der Waals surface area contributed by atoms with E-state index in [2.05, 4.69) is 10.1 Å². The van der Waals surface area contributed by atoms with Gasteiger partial charge < -0.3 is 5.11 Å². The van der Waals surface area contributed by atoms with Crippen molar-refractivity contribution >= 4 is 23.2 Å². The summed E-state index contributed by atoms with van der Waals surface area (Å²) in [5, 5.41) is 14.4. The standard InChI is InChI=1S/C19H12ClN3O2/c20-14-8-6-13(7-9-14)16-10-17(19(24)25)23-18(22-16)15(11-21-23)12-4-2-1-3-5-12/h1-11H,(H,24,25). The largest absolute Gasteiger partial charge is 0.477 e. The lowest BCUT2D eigenvalue weighted by Crippen LogP contribution is -2.08. The molecule has 0 aliphatic heterocycles. The minimum atomic E-state index is -1.06. The number of aromatic carboxylic acids is 1. The number of benzene rings is 2. The maximum Gasteiger partial charge on any atom is 0.354 e. The molecular weight excluding hydrogens is 338 g/mol. The zero-order chi connectivity index (χ0) is 17.4. The molecule has 1 N–H and O–H groups in total. The second kappa shape index (κ2) is 6.03. The number of nitrogens with zero attached hydrogens (tertiary/aromatic N) is 3. The Balaban J connectivity index is 1.99. The van der Waals surface area contributed by atoms with E-state index in [-0.39, 0.29) is 5.69 Å². The molecule has 0 atom stereocenters. The summed E-state index contributed by atoms with van der Waals surface area (Å²) >= 11 is 5.94. The second-order valence-electron chi connectivity index (χ2n) is 5.50. The highest BCUT2D eigenvalue weighted by molar-refractivity contribution is 6.30. The van der Waals surface area contributed by atoms with Crippen molar-refractivity contribution in [3.05, 3.63) is 77.6 Å². The van der Waals surface area contributed by atoms with Gasteiger partial charge >= 0.3 is 5.97 Å². The van der Waals surface area contributed by atoms with E-state index in [1.54, 1.807) is 18.3 Å². The predicted molar refractivity (Wildman–Crippen MR) is 95.8 cm³/mol. The van der Waals surface area contributed by atoms with Crippen LogP contribution >= 0.6 is 11.6 Å². The third kappa shape index (κ3) is 2.75. The van der Waals surface area contributed by atoms with E-state index in [9.17, 15) is 9.90 Å². The number of carboxylic acids is 1. The Morgan fingerprint density at radius 1 is 1.00 bits per heavy atom. The van der Waals surface area contributed by atoms with E-state index >= 15 is 0 Å². The fraction of sp³-hybridized carbons (Fsp3) is 0. The van der Waals surface area contributed by atoms with Crippen LogP contribution in [0.25, 0.3) is 28.0 Å². The van der Waals surface area contributed by atoms with Gasteiger partial charge in [-0.1, -0.05) is 54.1 Å². The number of hydrogen-bond acceptors (Lipinski definition) is 3. The van der Waals surface area contributed by atoms with Gasteiger partial charge in [-0.2, -0.15) is 5.10 Å². The summed E-state index contributed by atoms with van der Waals surface area (Å²) in [5.41, 5.74) is 3.59. The van der Waals surface area contributed by atoms with Crippen LogP contribution in [0, 0.1) is 0 Å². The van der Waals surface area contributed by atoms with E-state index in [4.69, 9.17) is 11.6 Å². The summed E-state index contributed by atoms with van der Waals surface area (Å²) in [5.74, 6) is -1.06. The number of fused-ring (bicyclic) bond motifs is 1. The van der Waals surface area contributed by atoms with Crippen molar-refractivity contribution < 1.29 is 9.90 Å². The van der Waals surface area contributed by atoms with Crippen LogP contribution in [0.1, 0.15) is 10.5 Å². The Morgan fingerprint density at radius 2 is 1.72 bits per heavy atom. The first kappa shape index (κ1) is 15.4. The molecule has 25 heavy (non-hydrogen) atoms. The van der Waals surface area contributed by atoms with Crippen LogP contribution in [-0.4, -0.2) is 25.7 Å². The molecule has 4 rings (SSSR count). The van der Waals surface area contributed by atoms with Gasteiger partial charge in [-0.3, -0.25) is 0 Å². The predicted octanol–water partition coefficient (Wildman–Crippen LogP) is 4.41. The third-order valence-corrected chi connectivity index (χ3v) is 4.17. The van der Waals surface area contributed by atoms with Crippen molar-refractivity contribution in [1.82, 2.24) is 14.6 Å². The summed E-state index contributed by atoms with van der Waals surface area (Å²) in [6.45, 7) is 0. The van der Waals surface area contributed by atoms with Crippen LogP contribution in [0.5, 0.6) is 0 Å². The Morgan fingerprint density at radius 3 is 2.40 bits per heavy atom. The van der Waals surface area contributed by atoms with Gasteiger partial charge in [0.1, 0.15) is 0 Å². The Kier molecular flexibility index (Phi) is 3.71. The third-order valence-electron chi connectivity index (χ3n) is 3.92. The van der Waals surface area contributed by atoms with E-state index in [0.717, 1.165) is 16.7 Å². The van der Waals surface area contributed by atoms with Crippen LogP contribution in [0.4, 0.5) is 0 Å². The summed E-state index contributed by atoms with van der Waals surface area (Å²) < 4.78 is 1.35. The van der Waals surface area contributed by atoms with E-state index < -0.39 is 5.97 Å². The van der Waals surface area contributed by atoms with E-state index in [1.807, 2.05) is 42.5 Å². The lowest BCUT2D eigenvalue weighted by atomic mass is 10.1. The number of hydrogen-bond donors (Lipinski definition) is 1. The molecular formula is C19H12ClN3O2. The molecule has 0 saturated heterocycles. The average Bonchev–Trinajstić information content (AvgIpc) is 3.06. The van der Waals surface area contributed by atoms with E-state index in [0.29, 0.717) is 16.4 Å². The van der Waals surface area contributed by atoms with Crippen LogP contribution in [0.15, 0.2) is 66.9 Å². The van der Waals surface area contributed by atoms with Gasteiger partial charge in [0.25, 0.3) is 0 Å². The highest BCUT2D eigenvalue weighted by Crippen LogP contribution is 2.27. The van der Waals surface area contributed by atoms with Gasteiger partial charge in [-0.25, -0.2) is 14.3 Å². The van der Waals surface area contributed by atoms with Crippen LogP contribution in [0.2, 0.25) is 5.02 Å². The topological polar surface area (TPSA) is 67.5 Å². The fourth-order valence-corrected chi connectivity index (χ4v) is 2.83. The molecule has 122 valence electrons. The minimum Gasteiger partial charge on any atom is -0.477 e. The number of rotatable bonds is 3. The number of aromatic nitrogens is 3. The van der Waals surface area contributed by atoms with Gasteiger partial charge in [-0.15, -0.1) is 0 Å². The molecule has 4 aromatic rings.